The molecule has 0 spiro atoms. The Bertz CT molecular complexity index is 1510. The van der Waals surface area contributed by atoms with Gasteiger partial charge in [0.05, 0.1) is 0 Å². The molecule has 2 aromatic carbocycles. The molecule has 0 aliphatic rings. The fourth-order valence-electron chi connectivity index (χ4n) is 5.27. The van der Waals surface area contributed by atoms with Crippen LogP contribution in [0.3, 0.4) is 0 Å². The van der Waals surface area contributed by atoms with Crippen LogP contribution in [0.25, 0.3) is 0 Å². The molecule has 4 amide bonds. The van der Waals surface area contributed by atoms with Crippen molar-refractivity contribution in [3.05, 3.63) is 71.8 Å². The van der Waals surface area contributed by atoms with Gasteiger partial charge in [0.2, 0.25) is 11.8 Å². The van der Waals surface area contributed by atoms with Crippen LogP contribution >= 0.6 is 21.6 Å². The normalized spacial score (nSPS) is 13.6. The third-order valence-corrected chi connectivity index (χ3v) is 10.3. The van der Waals surface area contributed by atoms with Gasteiger partial charge in [-0.15, -0.1) is 0 Å². The molecule has 0 aliphatic carbocycles. The standard InChI is InChI=1S/C43H64N4O10S2/c1-28(2)23-33(38(50)54-25-30-17-13-11-14-18-30)44-36(48)32(46-40(52)56-42(5,6)7)21-22-58-59-27-35(47-41(53)57-43(8,9)10)37(49)45-34(24-29(3)4)39(51)55-26-31-19-15-12-16-20-31/h11-20,28-29,32-35H,21-27H2,1-10H3,(H,44,48)(H,45,49)(H,46,52)(H,47,53)/t32-,33-,34-,35-/m0/s1. The number of nitrogens with one attached hydrogen (secondary N) is 4. The summed E-state index contributed by atoms with van der Waals surface area (Å²) in [5.74, 6) is -1.97. The molecule has 0 aromatic heterocycles. The average molecular weight is 861 g/mol. The minimum absolute atomic E-state index is 0.0341. The molecule has 16 heteroatoms. The van der Waals surface area contributed by atoms with E-state index in [4.69, 9.17) is 18.9 Å². The summed E-state index contributed by atoms with van der Waals surface area (Å²) in [5.41, 5.74) is -0.0724. The maximum atomic E-state index is 13.7. The molecule has 0 saturated carbocycles. The van der Waals surface area contributed by atoms with Gasteiger partial charge in [-0.3, -0.25) is 9.59 Å². The van der Waals surface area contributed by atoms with Crippen molar-refractivity contribution >= 4 is 57.5 Å². The Balaban J connectivity index is 2.16. The topological polar surface area (TPSA) is 187 Å². The van der Waals surface area contributed by atoms with E-state index in [9.17, 15) is 28.8 Å². The predicted molar refractivity (Wildman–Crippen MR) is 231 cm³/mol. The second-order valence-electron chi connectivity index (χ2n) is 16.9. The van der Waals surface area contributed by atoms with E-state index < -0.39 is 71.3 Å². The van der Waals surface area contributed by atoms with Crippen LogP contribution in [0.2, 0.25) is 0 Å². The van der Waals surface area contributed by atoms with Gasteiger partial charge in [0.1, 0.15) is 48.6 Å². The lowest BCUT2D eigenvalue weighted by Gasteiger charge is -2.26. The summed E-state index contributed by atoms with van der Waals surface area (Å²) in [5, 5.41) is 10.8. The highest BCUT2D eigenvalue weighted by Crippen LogP contribution is 2.24. The zero-order valence-corrected chi connectivity index (χ0v) is 37.7. The van der Waals surface area contributed by atoms with E-state index in [-0.39, 0.29) is 37.2 Å². The number of amides is 4. The second kappa shape index (κ2) is 25.2. The summed E-state index contributed by atoms with van der Waals surface area (Å²) >= 11 is 0. The molecule has 2 rings (SSSR count). The van der Waals surface area contributed by atoms with Crippen LogP contribution in [0, 0.1) is 11.8 Å². The van der Waals surface area contributed by atoms with Gasteiger partial charge in [0.15, 0.2) is 0 Å². The molecule has 0 saturated heterocycles. The smallest absolute Gasteiger partial charge is 0.408 e. The SMILES string of the molecule is CC(C)C[C@H](NC(=O)[C@H](CCSSC[C@H](NC(=O)OC(C)(C)C)C(=O)N[C@@H](CC(C)C)C(=O)OCc1ccccc1)NC(=O)OC(C)(C)C)C(=O)OCc1ccccc1. The van der Waals surface area contributed by atoms with E-state index in [1.807, 2.05) is 88.4 Å². The summed E-state index contributed by atoms with van der Waals surface area (Å²) < 4.78 is 21.9. The van der Waals surface area contributed by atoms with Crippen molar-refractivity contribution in [2.45, 2.75) is 137 Å². The van der Waals surface area contributed by atoms with Crippen LogP contribution in [-0.4, -0.2) is 82.8 Å². The van der Waals surface area contributed by atoms with Gasteiger partial charge < -0.3 is 40.2 Å². The van der Waals surface area contributed by atoms with Crippen molar-refractivity contribution in [2.75, 3.05) is 11.5 Å². The van der Waals surface area contributed by atoms with Gasteiger partial charge in [-0.1, -0.05) is 110 Å². The minimum Gasteiger partial charge on any atom is -0.459 e. The molecule has 59 heavy (non-hydrogen) atoms. The average Bonchev–Trinajstić information content (AvgIpc) is 3.13. The first kappa shape index (κ1) is 50.7. The van der Waals surface area contributed by atoms with E-state index >= 15 is 0 Å². The van der Waals surface area contributed by atoms with Crippen molar-refractivity contribution in [1.29, 1.82) is 0 Å². The summed E-state index contributed by atoms with van der Waals surface area (Å²) in [7, 11) is 2.54. The summed E-state index contributed by atoms with van der Waals surface area (Å²) in [6.07, 6.45) is -0.890. The Morgan fingerprint density at radius 1 is 0.542 bits per heavy atom. The number of esters is 2. The van der Waals surface area contributed by atoms with Crippen LogP contribution in [-0.2, 0) is 51.3 Å². The number of alkyl carbamates (subject to hydrolysis) is 2. The molecule has 328 valence electrons. The molecule has 2 aromatic rings. The lowest BCUT2D eigenvalue weighted by molar-refractivity contribution is -0.150. The van der Waals surface area contributed by atoms with Crippen LogP contribution in [0.15, 0.2) is 60.7 Å². The first-order valence-corrected chi connectivity index (χ1v) is 22.4. The minimum atomic E-state index is -1.11. The van der Waals surface area contributed by atoms with Gasteiger partial charge in [-0.2, -0.15) is 0 Å². The maximum absolute atomic E-state index is 13.7. The summed E-state index contributed by atoms with van der Waals surface area (Å²) in [6.45, 7) is 17.9. The molecule has 14 nitrogen and oxygen atoms in total. The number of ether oxygens (including phenoxy) is 4. The van der Waals surface area contributed by atoms with Crippen molar-refractivity contribution in [3.8, 4) is 0 Å². The van der Waals surface area contributed by atoms with Gasteiger partial charge >= 0.3 is 24.1 Å². The molecule has 4 N–H and O–H groups in total. The third-order valence-electron chi connectivity index (χ3n) is 7.89. The molecular formula is C43H64N4O10S2. The Morgan fingerprint density at radius 3 is 1.32 bits per heavy atom. The Labute approximate surface area is 357 Å². The highest BCUT2D eigenvalue weighted by atomic mass is 33.1. The van der Waals surface area contributed by atoms with Gasteiger partial charge in [-0.05, 0) is 83.8 Å². The van der Waals surface area contributed by atoms with Crippen LogP contribution in [0.5, 0.6) is 0 Å². The van der Waals surface area contributed by atoms with E-state index in [1.165, 1.54) is 21.6 Å². The molecule has 0 radical (unpaired) electrons. The Hall–Kier alpha value is -4.44. The van der Waals surface area contributed by atoms with Crippen molar-refractivity contribution < 1.29 is 47.7 Å². The molecule has 0 fully saturated rings. The van der Waals surface area contributed by atoms with Gasteiger partial charge in [0.25, 0.3) is 0 Å². The largest absolute Gasteiger partial charge is 0.459 e. The first-order valence-electron chi connectivity index (χ1n) is 19.9. The number of benzene rings is 2. The number of hydrogen-bond donors (Lipinski definition) is 4. The molecule has 0 aliphatic heterocycles. The summed E-state index contributed by atoms with van der Waals surface area (Å²) in [4.78, 5) is 79.5. The van der Waals surface area contributed by atoms with Crippen LogP contribution in [0.1, 0.15) is 99.6 Å². The first-order chi connectivity index (χ1) is 27.6. The summed E-state index contributed by atoms with van der Waals surface area (Å²) in [6, 6.07) is 14.2. The molecule has 0 heterocycles. The molecule has 0 unspecified atom stereocenters. The van der Waals surface area contributed by atoms with E-state index in [2.05, 4.69) is 21.3 Å². The molecular weight excluding hydrogens is 797 g/mol. The van der Waals surface area contributed by atoms with Gasteiger partial charge in [0, 0.05) is 11.5 Å². The van der Waals surface area contributed by atoms with Crippen molar-refractivity contribution in [2.24, 2.45) is 11.8 Å². The lowest BCUT2D eigenvalue weighted by atomic mass is 10.0. The fourth-order valence-corrected chi connectivity index (χ4v) is 7.52. The van der Waals surface area contributed by atoms with E-state index in [0.29, 0.717) is 18.6 Å². The molecule has 0 bridgehead atoms. The van der Waals surface area contributed by atoms with Crippen molar-refractivity contribution in [3.63, 3.8) is 0 Å². The van der Waals surface area contributed by atoms with Crippen molar-refractivity contribution in [1.82, 2.24) is 21.3 Å². The maximum Gasteiger partial charge on any atom is 0.408 e. The quantitative estimate of drug-likeness (QED) is 0.0408. The fraction of sp³-hybridized carbons (Fsp3) is 0.581. The highest BCUT2D eigenvalue weighted by Gasteiger charge is 2.32. The highest BCUT2D eigenvalue weighted by molar-refractivity contribution is 8.76. The van der Waals surface area contributed by atoms with Gasteiger partial charge in [-0.25, -0.2) is 19.2 Å². The second-order valence-corrected chi connectivity index (χ2v) is 19.5. The monoisotopic (exact) mass is 860 g/mol. The van der Waals surface area contributed by atoms with E-state index in [1.54, 1.807) is 41.5 Å². The lowest BCUT2D eigenvalue weighted by Crippen LogP contribution is -2.53. The van der Waals surface area contributed by atoms with Crippen LogP contribution in [0.4, 0.5) is 9.59 Å². The third kappa shape index (κ3) is 22.5. The van der Waals surface area contributed by atoms with E-state index in [0.717, 1.165) is 11.1 Å². The molecule has 4 atom stereocenters. The number of carbonyl (C=O) groups is 6. The number of carbonyl (C=O) groups excluding carboxylic acids is 6. The number of hydrogen-bond acceptors (Lipinski definition) is 12. The Kier molecular flexibility index (Phi) is 21.7. The predicted octanol–water partition coefficient (Wildman–Crippen LogP) is 7.09. The van der Waals surface area contributed by atoms with Crippen LogP contribution < -0.4 is 21.3 Å². The number of rotatable bonds is 22. The zero-order chi connectivity index (χ0) is 44.2. The Morgan fingerprint density at radius 2 is 0.932 bits per heavy atom. The zero-order valence-electron chi connectivity index (χ0n) is 36.1.